The molecule has 0 aliphatic heterocycles. The zero-order chi connectivity index (χ0) is 15.4. The number of nitrogens with zero attached hydrogens (tertiary/aromatic N) is 4. The third-order valence-electron chi connectivity index (χ3n) is 3.14. The van der Waals surface area contributed by atoms with Gasteiger partial charge < -0.3 is 5.32 Å². The van der Waals surface area contributed by atoms with Crippen LogP contribution in [0.5, 0.6) is 0 Å². The zero-order valence-corrected chi connectivity index (χ0v) is 11.9. The molecule has 0 saturated heterocycles. The van der Waals surface area contributed by atoms with Gasteiger partial charge in [0.05, 0.1) is 6.04 Å². The molecular formula is C15H14N6O. The van der Waals surface area contributed by atoms with Crippen LogP contribution in [0.4, 0.5) is 0 Å². The van der Waals surface area contributed by atoms with Crippen LogP contribution in [0.2, 0.25) is 0 Å². The Balaban J connectivity index is 1.72. The van der Waals surface area contributed by atoms with Crippen LogP contribution < -0.4 is 5.32 Å². The summed E-state index contributed by atoms with van der Waals surface area (Å²) < 4.78 is 0. The Kier molecular flexibility index (Phi) is 3.86. The van der Waals surface area contributed by atoms with Crippen LogP contribution in [0, 0.1) is 0 Å². The quantitative estimate of drug-likeness (QED) is 0.764. The van der Waals surface area contributed by atoms with Gasteiger partial charge in [-0.05, 0) is 31.2 Å². The minimum Gasteiger partial charge on any atom is -0.342 e. The summed E-state index contributed by atoms with van der Waals surface area (Å²) >= 11 is 0. The second kappa shape index (κ2) is 6.13. The first kappa shape index (κ1) is 13.9. The molecule has 0 aliphatic rings. The van der Waals surface area contributed by atoms with E-state index in [1.807, 2.05) is 19.1 Å². The molecule has 0 bridgehead atoms. The summed E-state index contributed by atoms with van der Waals surface area (Å²) in [6, 6.07) is 6.68. The van der Waals surface area contributed by atoms with Crippen LogP contribution in [-0.4, -0.2) is 31.1 Å². The Bertz CT molecular complexity index is 756. The fourth-order valence-corrected chi connectivity index (χ4v) is 1.95. The molecule has 22 heavy (non-hydrogen) atoms. The maximum absolute atomic E-state index is 12.1. The molecule has 3 rings (SSSR count). The lowest BCUT2D eigenvalue weighted by Gasteiger charge is -2.10. The molecule has 1 amide bonds. The molecular weight excluding hydrogens is 280 g/mol. The highest BCUT2D eigenvalue weighted by Gasteiger charge is 2.15. The van der Waals surface area contributed by atoms with E-state index in [4.69, 9.17) is 0 Å². The van der Waals surface area contributed by atoms with E-state index in [1.54, 1.807) is 36.9 Å². The molecule has 2 N–H and O–H groups in total. The Hall–Kier alpha value is -3.09. The van der Waals surface area contributed by atoms with Gasteiger partial charge in [-0.2, -0.15) is 5.10 Å². The molecule has 0 fully saturated rings. The molecule has 3 aromatic rings. The minimum absolute atomic E-state index is 0.184. The molecule has 0 aromatic carbocycles. The van der Waals surface area contributed by atoms with Gasteiger partial charge in [-0.1, -0.05) is 0 Å². The van der Waals surface area contributed by atoms with Crippen molar-refractivity contribution < 1.29 is 4.79 Å². The molecule has 0 radical (unpaired) electrons. The number of aromatic nitrogens is 5. The molecule has 7 nitrogen and oxygen atoms in total. The van der Waals surface area contributed by atoms with Crippen molar-refractivity contribution >= 4 is 5.91 Å². The number of aromatic amines is 1. The predicted octanol–water partition coefficient (Wildman–Crippen LogP) is 1.75. The largest absolute Gasteiger partial charge is 0.342 e. The highest BCUT2D eigenvalue weighted by molar-refractivity contribution is 5.94. The van der Waals surface area contributed by atoms with Crippen LogP contribution in [0.3, 0.4) is 0 Å². The topological polar surface area (TPSA) is 96.5 Å². The maximum atomic E-state index is 12.1. The molecule has 1 unspecified atom stereocenters. The van der Waals surface area contributed by atoms with Gasteiger partial charge in [-0.3, -0.25) is 19.9 Å². The number of hydrogen-bond acceptors (Lipinski definition) is 5. The molecule has 0 spiro atoms. The third-order valence-corrected chi connectivity index (χ3v) is 3.14. The van der Waals surface area contributed by atoms with Crippen LogP contribution in [0.15, 0.2) is 49.1 Å². The van der Waals surface area contributed by atoms with E-state index in [1.165, 1.54) is 0 Å². The summed E-state index contributed by atoms with van der Waals surface area (Å²) in [6.07, 6.45) is 6.52. The third kappa shape index (κ3) is 2.98. The lowest BCUT2D eigenvalue weighted by molar-refractivity contribution is 0.0938. The van der Waals surface area contributed by atoms with E-state index in [0.717, 1.165) is 5.56 Å². The number of amides is 1. The molecule has 3 heterocycles. The first-order valence-corrected chi connectivity index (χ1v) is 6.77. The van der Waals surface area contributed by atoms with Gasteiger partial charge in [0, 0.05) is 35.9 Å². The van der Waals surface area contributed by atoms with Crippen molar-refractivity contribution in [3.05, 3.63) is 60.4 Å². The van der Waals surface area contributed by atoms with Crippen LogP contribution >= 0.6 is 0 Å². The average molecular weight is 294 g/mol. The summed E-state index contributed by atoms with van der Waals surface area (Å²) in [4.78, 5) is 24.3. The zero-order valence-electron chi connectivity index (χ0n) is 11.9. The summed E-state index contributed by atoms with van der Waals surface area (Å²) in [5, 5.41) is 9.88. The van der Waals surface area contributed by atoms with Crippen molar-refractivity contribution in [3.63, 3.8) is 0 Å². The van der Waals surface area contributed by atoms with Gasteiger partial charge >= 0.3 is 0 Å². The predicted molar refractivity (Wildman–Crippen MR) is 79.7 cm³/mol. The van der Waals surface area contributed by atoms with Gasteiger partial charge in [0.15, 0.2) is 5.82 Å². The number of carbonyl (C=O) groups excluding carboxylic acids is 1. The molecule has 7 heteroatoms. The molecule has 0 aliphatic carbocycles. The number of H-pyrrole nitrogens is 1. The van der Waals surface area contributed by atoms with E-state index in [2.05, 4.69) is 30.5 Å². The van der Waals surface area contributed by atoms with Crippen LogP contribution in [0.25, 0.3) is 11.4 Å². The van der Waals surface area contributed by atoms with Crippen LogP contribution in [-0.2, 0) is 0 Å². The van der Waals surface area contributed by atoms with Crippen LogP contribution in [0.1, 0.15) is 29.1 Å². The first-order chi connectivity index (χ1) is 10.7. The van der Waals surface area contributed by atoms with Gasteiger partial charge in [0.25, 0.3) is 5.91 Å². The molecule has 110 valence electrons. The second-order valence-corrected chi connectivity index (χ2v) is 4.71. The fraction of sp³-hybridized carbons (Fsp3) is 0.133. The van der Waals surface area contributed by atoms with E-state index in [0.29, 0.717) is 17.2 Å². The van der Waals surface area contributed by atoms with E-state index >= 15 is 0 Å². The highest BCUT2D eigenvalue weighted by atomic mass is 16.1. The molecule has 3 aromatic heterocycles. The molecule has 1 atom stereocenters. The Labute approximate surface area is 126 Å². The normalized spacial score (nSPS) is 11.9. The number of nitrogens with one attached hydrogen (secondary N) is 2. The van der Waals surface area contributed by atoms with Gasteiger partial charge in [-0.15, -0.1) is 0 Å². The lowest BCUT2D eigenvalue weighted by atomic mass is 10.2. The lowest BCUT2D eigenvalue weighted by Crippen LogP contribution is -2.27. The smallest absolute Gasteiger partial charge is 0.251 e. The first-order valence-electron chi connectivity index (χ1n) is 6.77. The van der Waals surface area contributed by atoms with Crippen molar-refractivity contribution in [3.8, 4) is 11.4 Å². The molecule has 0 saturated carbocycles. The Morgan fingerprint density at radius 3 is 2.41 bits per heavy atom. The highest BCUT2D eigenvalue weighted by Crippen LogP contribution is 2.15. The summed E-state index contributed by atoms with van der Waals surface area (Å²) in [5.74, 6) is 0.980. The number of carbonyl (C=O) groups is 1. The average Bonchev–Trinajstić information content (AvgIpc) is 3.06. The van der Waals surface area contributed by atoms with E-state index < -0.39 is 0 Å². The Morgan fingerprint density at radius 2 is 1.73 bits per heavy atom. The van der Waals surface area contributed by atoms with Crippen molar-refractivity contribution in [1.29, 1.82) is 0 Å². The SMILES string of the molecule is CC(NC(=O)c1ccncc1)c1nc(-c2ccncc2)n[nH]1. The van der Waals surface area contributed by atoms with Gasteiger partial charge in [0.2, 0.25) is 0 Å². The number of hydrogen-bond donors (Lipinski definition) is 2. The standard InChI is InChI=1S/C15H14N6O/c1-10(18-15(22)12-4-8-17-9-5-12)13-19-14(21-20-13)11-2-6-16-7-3-11/h2-10H,1H3,(H,18,22)(H,19,20,21). The van der Waals surface area contributed by atoms with Crippen molar-refractivity contribution in [2.75, 3.05) is 0 Å². The summed E-state index contributed by atoms with van der Waals surface area (Å²) in [7, 11) is 0. The Morgan fingerprint density at radius 1 is 1.09 bits per heavy atom. The van der Waals surface area contributed by atoms with Gasteiger partial charge in [-0.25, -0.2) is 4.98 Å². The second-order valence-electron chi connectivity index (χ2n) is 4.71. The number of pyridine rings is 2. The maximum Gasteiger partial charge on any atom is 0.251 e. The number of rotatable bonds is 4. The fourth-order valence-electron chi connectivity index (χ4n) is 1.95. The monoisotopic (exact) mass is 294 g/mol. The van der Waals surface area contributed by atoms with Gasteiger partial charge in [0.1, 0.15) is 5.82 Å². The van der Waals surface area contributed by atoms with E-state index in [-0.39, 0.29) is 11.9 Å². The summed E-state index contributed by atoms with van der Waals surface area (Å²) in [5.41, 5.74) is 1.42. The van der Waals surface area contributed by atoms with Crippen molar-refractivity contribution in [2.24, 2.45) is 0 Å². The minimum atomic E-state index is -0.288. The van der Waals surface area contributed by atoms with Crippen molar-refractivity contribution in [1.82, 2.24) is 30.5 Å². The summed E-state index contributed by atoms with van der Waals surface area (Å²) in [6.45, 7) is 1.84. The van der Waals surface area contributed by atoms with Crippen molar-refractivity contribution in [2.45, 2.75) is 13.0 Å². The van der Waals surface area contributed by atoms with E-state index in [9.17, 15) is 4.79 Å².